The first-order chi connectivity index (χ1) is 13.4. The second-order valence-corrected chi connectivity index (χ2v) is 7.14. The van der Waals surface area contributed by atoms with Crippen molar-refractivity contribution < 1.29 is 13.2 Å². The number of nitrogens with zero attached hydrogens (tertiary/aromatic N) is 5. The minimum Gasteiger partial charge on any atom is -0.299 e. The maximum absolute atomic E-state index is 13.0. The van der Waals surface area contributed by atoms with Crippen LogP contribution >= 0.6 is 0 Å². The van der Waals surface area contributed by atoms with Crippen molar-refractivity contribution in [2.24, 2.45) is 7.05 Å². The van der Waals surface area contributed by atoms with Crippen LogP contribution in [0.5, 0.6) is 0 Å². The minimum atomic E-state index is -4.52. The molecule has 1 aliphatic rings. The molecule has 0 unspecified atom stereocenters. The number of piperidine rings is 1. The van der Waals surface area contributed by atoms with Crippen LogP contribution in [0.15, 0.2) is 36.5 Å². The fourth-order valence-electron chi connectivity index (χ4n) is 3.72. The largest absolute Gasteiger partial charge is 0.451 e. The van der Waals surface area contributed by atoms with Crippen LogP contribution in [0.2, 0.25) is 0 Å². The molecule has 1 saturated heterocycles. The number of hydrogen-bond acceptors (Lipinski definition) is 4. The van der Waals surface area contributed by atoms with E-state index in [2.05, 4.69) is 25.2 Å². The van der Waals surface area contributed by atoms with E-state index in [4.69, 9.17) is 0 Å². The zero-order valence-electron chi connectivity index (χ0n) is 15.4. The summed E-state index contributed by atoms with van der Waals surface area (Å²) in [6.07, 6.45) is -0.628. The standard InChI is InChI=1S/C19H21F3N6/c1-27-18(19(20,21)22)24-17(26-27)15-4-2-3-13(11-15)12-28-9-6-14(7-10-28)16-5-8-23-25-16/h2-5,8,11,14H,6-7,9-10,12H2,1H3,(H,23,25). The molecule has 4 rings (SSSR count). The van der Waals surface area contributed by atoms with Crippen molar-refractivity contribution in [1.82, 2.24) is 29.9 Å². The minimum absolute atomic E-state index is 0.0922. The third-order valence-electron chi connectivity index (χ3n) is 5.16. The van der Waals surface area contributed by atoms with Crippen LogP contribution in [0.4, 0.5) is 13.2 Å². The van der Waals surface area contributed by atoms with Crippen molar-refractivity contribution in [3.63, 3.8) is 0 Å². The van der Waals surface area contributed by atoms with E-state index in [0.717, 1.165) is 42.7 Å². The second kappa shape index (κ2) is 7.38. The molecule has 3 aromatic rings. The molecule has 1 N–H and O–H groups in total. The van der Waals surface area contributed by atoms with E-state index in [1.165, 1.54) is 12.7 Å². The molecular formula is C19H21F3N6. The van der Waals surface area contributed by atoms with Crippen molar-refractivity contribution in [3.8, 4) is 11.4 Å². The third kappa shape index (κ3) is 3.94. The molecule has 1 fully saturated rings. The Hall–Kier alpha value is -2.68. The maximum Gasteiger partial charge on any atom is 0.451 e. The van der Waals surface area contributed by atoms with E-state index in [1.807, 2.05) is 24.3 Å². The molecule has 28 heavy (non-hydrogen) atoms. The van der Waals surface area contributed by atoms with Crippen LogP contribution < -0.4 is 0 Å². The van der Waals surface area contributed by atoms with Gasteiger partial charge in [-0.3, -0.25) is 10.00 Å². The molecule has 0 radical (unpaired) electrons. The van der Waals surface area contributed by atoms with Gasteiger partial charge in [0.05, 0.1) is 0 Å². The van der Waals surface area contributed by atoms with Gasteiger partial charge in [-0.2, -0.15) is 23.4 Å². The normalized spacial score (nSPS) is 16.6. The molecule has 0 saturated carbocycles. The van der Waals surface area contributed by atoms with Crippen molar-refractivity contribution in [1.29, 1.82) is 0 Å². The monoisotopic (exact) mass is 390 g/mol. The topological polar surface area (TPSA) is 62.6 Å². The predicted octanol–water partition coefficient (Wildman–Crippen LogP) is 3.60. The van der Waals surface area contributed by atoms with Crippen LogP contribution in [0, 0.1) is 0 Å². The smallest absolute Gasteiger partial charge is 0.299 e. The molecule has 3 heterocycles. The van der Waals surface area contributed by atoms with Gasteiger partial charge in [0.15, 0.2) is 5.82 Å². The number of alkyl halides is 3. The quantitative estimate of drug-likeness (QED) is 0.739. The Morgan fingerprint density at radius 3 is 2.61 bits per heavy atom. The first-order valence-corrected chi connectivity index (χ1v) is 9.19. The lowest BCUT2D eigenvalue weighted by atomic mass is 9.93. The van der Waals surface area contributed by atoms with Gasteiger partial charge in [0.25, 0.3) is 0 Å². The number of aryl methyl sites for hydroxylation is 1. The molecule has 6 nitrogen and oxygen atoms in total. The highest BCUT2D eigenvalue weighted by Gasteiger charge is 2.37. The summed E-state index contributed by atoms with van der Waals surface area (Å²) in [6.45, 7) is 2.68. The highest BCUT2D eigenvalue weighted by molar-refractivity contribution is 5.55. The zero-order valence-corrected chi connectivity index (χ0v) is 15.4. The highest BCUT2D eigenvalue weighted by atomic mass is 19.4. The molecule has 148 valence electrons. The van der Waals surface area contributed by atoms with Gasteiger partial charge < -0.3 is 0 Å². The summed E-state index contributed by atoms with van der Waals surface area (Å²) in [5.74, 6) is -0.396. The van der Waals surface area contributed by atoms with Gasteiger partial charge in [0.1, 0.15) is 0 Å². The molecule has 0 amide bonds. The number of likely N-dealkylation sites (tertiary alicyclic amines) is 1. The molecule has 0 spiro atoms. The number of hydrogen-bond donors (Lipinski definition) is 1. The number of nitrogens with one attached hydrogen (secondary N) is 1. The summed E-state index contributed by atoms with van der Waals surface area (Å²) >= 11 is 0. The number of aromatic amines is 1. The van der Waals surface area contributed by atoms with Crippen LogP contribution in [-0.4, -0.2) is 43.0 Å². The zero-order chi connectivity index (χ0) is 19.7. The van der Waals surface area contributed by atoms with Gasteiger partial charge in [-0.25, -0.2) is 9.67 Å². The molecule has 0 bridgehead atoms. The molecule has 1 aromatic carbocycles. The average Bonchev–Trinajstić information content (AvgIpc) is 3.32. The number of halogens is 3. The highest BCUT2D eigenvalue weighted by Crippen LogP contribution is 2.30. The molecular weight excluding hydrogens is 369 g/mol. The summed E-state index contributed by atoms with van der Waals surface area (Å²) in [7, 11) is 1.26. The first-order valence-electron chi connectivity index (χ1n) is 9.19. The summed E-state index contributed by atoms with van der Waals surface area (Å²) in [5.41, 5.74) is 2.82. The van der Waals surface area contributed by atoms with Crippen molar-refractivity contribution in [3.05, 3.63) is 53.6 Å². The lowest BCUT2D eigenvalue weighted by molar-refractivity contribution is -0.147. The fraction of sp³-hybridized carbons (Fsp3) is 0.421. The maximum atomic E-state index is 13.0. The second-order valence-electron chi connectivity index (χ2n) is 7.14. The Bertz CT molecular complexity index is 924. The fourth-order valence-corrected chi connectivity index (χ4v) is 3.72. The summed E-state index contributed by atoms with van der Waals surface area (Å²) in [4.78, 5) is 6.04. The molecule has 1 aliphatic heterocycles. The lowest BCUT2D eigenvalue weighted by Gasteiger charge is -2.31. The van der Waals surface area contributed by atoms with Gasteiger partial charge in [-0.05, 0) is 43.6 Å². The van der Waals surface area contributed by atoms with Crippen LogP contribution in [-0.2, 0) is 19.8 Å². The van der Waals surface area contributed by atoms with Crippen LogP contribution in [0.3, 0.4) is 0 Å². The van der Waals surface area contributed by atoms with Crippen LogP contribution in [0.1, 0.15) is 35.8 Å². The van der Waals surface area contributed by atoms with E-state index in [0.29, 0.717) is 11.5 Å². The van der Waals surface area contributed by atoms with Gasteiger partial charge in [-0.1, -0.05) is 18.2 Å². The van der Waals surface area contributed by atoms with Crippen LogP contribution in [0.25, 0.3) is 11.4 Å². The van der Waals surface area contributed by atoms with Gasteiger partial charge >= 0.3 is 6.18 Å². The van der Waals surface area contributed by atoms with Crippen molar-refractivity contribution in [2.45, 2.75) is 31.5 Å². The number of aromatic nitrogens is 5. The number of H-pyrrole nitrogens is 1. The molecule has 0 aliphatic carbocycles. The van der Waals surface area contributed by atoms with Crippen molar-refractivity contribution in [2.75, 3.05) is 13.1 Å². The summed E-state index contributed by atoms with van der Waals surface area (Å²) in [5, 5.41) is 11.0. The van der Waals surface area contributed by atoms with E-state index < -0.39 is 12.0 Å². The Morgan fingerprint density at radius 2 is 1.96 bits per heavy atom. The Morgan fingerprint density at radius 1 is 1.18 bits per heavy atom. The first kappa shape index (κ1) is 18.7. The van der Waals surface area contributed by atoms with E-state index in [9.17, 15) is 13.2 Å². The summed E-state index contributed by atoms with van der Waals surface area (Å²) in [6, 6.07) is 9.46. The van der Waals surface area contributed by atoms with E-state index in [-0.39, 0.29) is 5.82 Å². The number of benzene rings is 1. The Labute approximate surface area is 160 Å². The average molecular weight is 390 g/mol. The van der Waals surface area contributed by atoms with Gasteiger partial charge in [0.2, 0.25) is 5.82 Å². The van der Waals surface area contributed by atoms with E-state index >= 15 is 0 Å². The predicted molar refractivity (Wildman–Crippen MR) is 97.3 cm³/mol. The Balaban J connectivity index is 1.44. The SMILES string of the molecule is Cn1nc(-c2cccc(CN3CCC(c4ccn[nH]4)CC3)c2)nc1C(F)(F)F. The van der Waals surface area contributed by atoms with E-state index in [1.54, 1.807) is 12.3 Å². The molecule has 0 atom stereocenters. The lowest BCUT2D eigenvalue weighted by Crippen LogP contribution is -2.32. The molecule has 9 heteroatoms. The van der Waals surface area contributed by atoms with Gasteiger partial charge in [0, 0.05) is 37.0 Å². The third-order valence-corrected chi connectivity index (χ3v) is 5.16. The molecule has 2 aromatic heterocycles. The van der Waals surface area contributed by atoms with Crippen molar-refractivity contribution >= 4 is 0 Å². The Kier molecular flexibility index (Phi) is 4.92. The summed E-state index contributed by atoms with van der Waals surface area (Å²) < 4.78 is 39.7. The number of rotatable bonds is 4. The van der Waals surface area contributed by atoms with Gasteiger partial charge in [-0.15, -0.1) is 0 Å².